The maximum absolute atomic E-state index is 15.7. The summed E-state index contributed by atoms with van der Waals surface area (Å²) in [5.41, 5.74) is -1.46. The first-order valence-corrected chi connectivity index (χ1v) is 17.7. The van der Waals surface area contributed by atoms with E-state index in [4.69, 9.17) is 37.4 Å². The maximum atomic E-state index is 15.7. The molecule has 6 nitrogen and oxygen atoms in total. The zero-order valence-electron chi connectivity index (χ0n) is 27.6. The molecular weight excluding hydrogens is 633 g/mol. The molecule has 0 saturated carbocycles. The fourth-order valence-corrected chi connectivity index (χ4v) is 8.17. The highest BCUT2D eigenvalue weighted by molar-refractivity contribution is 6.31. The third kappa shape index (κ3) is 8.61. The van der Waals surface area contributed by atoms with E-state index in [9.17, 15) is 5.11 Å². The first-order chi connectivity index (χ1) is 22.2. The quantitative estimate of drug-likeness (QED) is 0.164. The molecule has 2 N–H and O–H groups in total. The molecule has 4 rings (SSSR count). The number of aliphatic hydroxyl groups is 1. The van der Waals surface area contributed by atoms with E-state index in [1.807, 2.05) is 6.92 Å². The van der Waals surface area contributed by atoms with Crippen molar-refractivity contribution in [3.05, 3.63) is 69.2 Å². The zero-order chi connectivity index (χ0) is 33.2. The summed E-state index contributed by atoms with van der Waals surface area (Å²) in [6.07, 6.45) is 7.26. The number of methoxy groups -OCH3 is 2. The van der Waals surface area contributed by atoms with Crippen molar-refractivity contribution in [2.24, 2.45) is 11.8 Å². The number of piperidine rings is 2. The number of likely N-dealkylation sites (tertiary alicyclic amines) is 1. The van der Waals surface area contributed by atoms with Gasteiger partial charge in [-0.3, -0.25) is 4.90 Å². The molecule has 2 unspecified atom stereocenters. The maximum Gasteiger partial charge on any atom is 0.147 e. The minimum atomic E-state index is -1.36. The molecule has 2 aliphatic heterocycles. The molecule has 2 heterocycles. The molecule has 0 spiro atoms. The second-order valence-electron chi connectivity index (χ2n) is 12.9. The van der Waals surface area contributed by atoms with Crippen molar-refractivity contribution in [1.29, 1.82) is 0 Å². The second-order valence-corrected chi connectivity index (χ2v) is 13.7. The highest BCUT2D eigenvalue weighted by Crippen LogP contribution is 2.45. The van der Waals surface area contributed by atoms with Crippen LogP contribution in [0.4, 0.5) is 8.78 Å². The standard InChI is InChI=1S/C36H52Cl2F2N2O4/c1-4-46-32(18-9-19-35(43,26-12-10-21-41-24-26)28-14-7-16-30(37)33(28)39)42-22-11-13-27(25-42)36(45-3,20-5-6-23-44-2)29-15-8-17-31(38)34(29)40/h7-8,14-17,26-27,32,41,43H,4-6,9-13,18-25H2,1-3H3/t26-,27-,32?,35?,36+/m1/s1. The molecule has 2 aromatic rings. The first kappa shape index (κ1) is 37.5. The van der Waals surface area contributed by atoms with Gasteiger partial charge in [0.2, 0.25) is 0 Å². The highest BCUT2D eigenvalue weighted by atomic mass is 35.5. The zero-order valence-corrected chi connectivity index (χ0v) is 29.2. The molecule has 5 atom stereocenters. The van der Waals surface area contributed by atoms with Crippen LogP contribution in [0, 0.1) is 23.5 Å². The topological polar surface area (TPSA) is 63.2 Å². The van der Waals surface area contributed by atoms with Gasteiger partial charge in [0, 0.05) is 70.0 Å². The van der Waals surface area contributed by atoms with Crippen molar-refractivity contribution in [2.45, 2.75) is 88.6 Å². The van der Waals surface area contributed by atoms with Crippen molar-refractivity contribution in [1.82, 2.24) is 10.2 Å². The lowest BCUT2D eigenvalue weighted by molar-refractivity contribution is -0.131. The molecule has 0 amide bonds. The molecule has 0 aliphatic carbocycles. The second kappa shape index (κ2) is 17.9. The molecule has 0 bridgehead atoms. The van der Waals surface area contributed by atoms with Gasteiger partial charge in [0.15, 0.2) is 0 Å². The summed E-state index contributed by atoms with van der Waals surface area (Å²) in [4.78, 5) is 2.34. The van der Waals surface area contributed by atoms with Crippen LogP contribution in [0.2, 0.25) is 10.0 Å². The van der Waals surface area contributed by atoms with Gasteiger partial charge in [-0.25, -0.2) is 8.78 Å². The molecular formula is C36H52Cl2F2N2O4. The van der Waals surface area contributed by atoms with Gasteiger partial charge in [0.1, 0.15) is 17.9 Å². The third-order valence-corrected chi connectivity index (χ3v) is 10.8. The number of nitrogens with one attached hydrogen (secondary N) is 1. The van der Waals surface area contributed by atoms with Crippen LogP contribution < -0.4 is 5.32 Å². The van der Waals surface area contributed by atoms with Crippen LogP contribution in [-0.2, 0) is 25.4 Å². The van der Waals surface area contributed by atoms with Gasteiger partial charge in [-0.2, -0.15) is 0 Å². The van der Waals surface area contributed by atoms with Crippen LogP contribution in [0.3, 0.4) is 0 Å². The Morgan fingerprint density at radius 3 is 2.30 bits per heavy atom. The van der Waals surface area contributed by atoms with Gasteiger partial charge in [-0.15, -0.1) is 0 Å². The SMILES string of the molecule is CCOC(CCCC(O)(c1cccc(Cl)c1F)[C@@H]1CCCNC1)N1CCC[C@@H]([C@](CCCCOC)(OC)c2cccc(Cl)c2F)C1. The lowest BCUT2D eigenvalue weighted by Gasteiger charge is -2.47. The minimum absolute atomic E-state index is 0.00415. The summed E-state index contributed by atoms with van der Waals surface area (Å²) in [5, 5.41) is 15.7. The lowest BCUT2D eigenvalue weighted by atomic mass is 9.73. The lowest BCUT2D eigenvalue weighted by Crippen LogP contribution is -2.51. The highest BCUT2D eigenvalue weighted by Gasteiger charge is 2.46. The first-order valence-electron chi connectivity index (χ1n) is 16.9. The summed E-state index contributed by atoms with van der Waals surface area (Å²) >= 11 is 12.5. The Hall–Kier alpha value is -1.36. The van der Waals surface area contributed by atoms with Crippen LogP contribution in [0.5, 0.6) is 0 Å². The van der Waals surface area contributed by atoms with E-state index in [0.717, 1.165) is 51.6 Å². The summed E-state index contributed by atoms with van der Waals surface area (Å²) in [6.45, 7) is 6.15. The largest absolute Gasteiger partial charge is 0.385 e. The smallest absolute Gasteiger partial charge is 0.147 e. The number of ether oxygens (including phenoxy) is 3. The van der Waals surface area contributed by atoms with Crippen LogP contribution >= 0.6 is 23.2 Å². The molecule has 10 heteroatoms. The van der Waals surface area contributed by atoms with Gasteiger partial charge in [-0.05, 0) is 89.8 Å². The van der Waals surface area contributed by atoms with E-state index < -0.39 is 22.8 Å². The number of hydrogen-bond acceptors (Lipinski definition) is 6. The molecule has 2 aliphatic rings. The Labute approximate surface area is 284 Å². The van der Waals surface area contributed by atoms with Crippen molar-refractivity contribution < 1.29 is 28.1 Å². The molecule has 0 aromatic heterocycles. The predicted octanol–water partition coefficient (Wildman–Crippen LogP) is 8.06. The number of benzene rings is 2. The fourth-order valence-electron chi connectivity index (χ4n) is 7.82. The Bertz CT molecular complexity index is 1240. The summed E-state index contributed by atoms with van der Waals surface area (Å²) in [5.74, 6) is -1.12. The van der Waals surface area contributed by atoms with Gasteiger partial charge in [-0.1, -0.05) is 47.5 Å². The Kier molecular flexibility index (Phi) is 14.5. The Morgan fingerprint density at radius 2 is 1.65 bits per heavy atom. The van der Waals surface area contributed by atoms with E-state index in [1.54, 1.807) is 44.6 Å². The van der Waals surface area contributed by atoms with E-state index in [1.165, 1.54) is 6.07 Å². The molecule has 46 heavy (non-hydrogen) atoms. The molecule has 258 valence electrons. The van der Waals surface area contributed by atoms with Crippen molar-refractivity contribution in [3.63, 3.8) is 0 Å². The molecule has 2 saturated heterocycles. The van der Waals surface area contributed by atoms with Gasteiger partial charge < -0.3 is 24.6 Å². The van der Waals surface area contributed by atoms with Crippen molar-refractivity contribution in [3.8, 4) is 0 Å². The average molecular weight is 686 g/mol. The monoisotopic (exact) mass is 684 g/mol. The van der Waals surface area contributed by atoms with Crippen LogP contribution in [0.25, 0.3) is 0 Å². The van der Waals surface area contributed by atoms with E-state index >= 15 is 8.78 Å². The van der Waals surface area contributed by atoms with E-state index in [0.29, 0.717) is 57.6 Å². The number of unbranched alkanes of at least 4 members (excludes halogenated alkanes) is 1. The third-order valence-electron chi connectivity index (χ3n) is 10.2. The van der Waals surface area contributed by atoms with E-state index in [2.05, 4.69) is 10.2 Å². The normalized spacial score (nSPS) is 22.7. The van der Waals surface area contributed by atoms with Crippen LogP contribution in [-0.4, -0.2) is 69.8 Å². The van der Waals surface area contributed by atoms with Gasteiger partial charge >= 0.3 is 0 Å². The number of nitrogens with zero attached hydrogens (tertiary/aromatic N) is 1. The van der Waals surface area contributed by atoms with Crippen LogP contribution in [0.1, 0.15) is 82.3 Å². The minimum Gasteiger partial charge on any atom is -0.385 e. The van der Waals surface area contributed by atoms with Gasteiger partial charge in [0.05, 0.1) is 21.2 Å². The van der Waals surface area contributed by atoms with Crippen molar-refractivity contribution >= 4 is 23.2 Å². The predicted molar refractivity (Wildman–Crippen MR) is 180 cm³/mol. The Balaban J connectivity index is 1.55. The number of halogens is 4. The molecule has 2 aromatic carbocycles. The molecule has 0 radical (unpaired) electrons. The summed E-state index contributed by atoms with van der Waals surface area (Å²) in [6, 6.07) is 10.1. The number of hydrogen-bond donors (Lipinski definition) is 2. The average Bonchev–Trinajstić information content (AvgIpc) is 3.07. The van der Waals surface area contributed by atoms with Crippen LogP contribution in [0.15, 0.2) is 36.4 Å². The van der Waals surface area contributed by atoms with Gasteiger partial charge in [0.25, 0.3) is 0 Å². The Morgan fingerprint density at radius 1 is 0.957 bits per heavy atom. The number of rotatable bonds is 17. The van der Waals surface area contributed by atoms with E-state index in [-0.39, 0.29) is 33.7 Å². The van der Waals surface area contributed by atoms with Crippen molar-refractivity contribution in [2.75, 3.05) is 53.6 Å². The fraction of sp³-hybridized carbons (Fsp3) is 0.667. The summed E-state index contributed by atoms with van der Waals surface area (Å²) in [7, 11) is 3.36. The molecule has 2 fully saturated rings. The summed E-state index contributed by atoms with van der Waals surface area (Å²) < 4.78 is 49.0.